The van der Waals surface area contributed by atoms with Gasteiger partial charge in [0.15, 0.2) is 5.82 Å². The number of pyridine rings is 1. The highest BCUT2D eigenvalue weighted by Gasteiger charge is 2.31. The Balaban J connectivity index is 1.47. The van der Waals surface area contributed by atoms with Crippen LogP contribution in [0.25, 0.3) is 5.82 Å². The number of rotatable bonds is 3. The van der Waals surface area contributed by atoms with Crippen LogP contribution in [0.4, 0.5) is 18.9 Å². The lowest BCUT2D eigenvalue weighted by atomic mass is 10.2. The summed E-state index contributed by atoms with van der Waals surface area (Å²) in [5.74, 6) is 0.199. The van der Waals surface area contributed by atoms with Gasteiger partial charge in [0.1, 0.15) is 5.75 Å². The van der Waals surface area contributed by atoms with Crippen molar-refractivity contribution in [1.82, 2.24) is 19.7 Å². The second-order valence-electron chi connectivity index (χ2n) is 7.23. The summed E-state index contributed by atoms with van der Waals surface area (Å²) in [6, 6.07) is 9.22. The summed E-state index contributed by atoms with van der Waals surface area (Å²) in [6.07, 6.45) is -2.31. The maximum Gasteiger partial charge on any atom is 0.417 e. The zero-order valence-corrected chi connectivity index (χ0v) is 16.7. The van der Waals surface area contributed by atoms with Crippen LogP contribution in [0.2, 0.25) is 0 Å². The van der Waals surface area contributed by atoms with E-state index in [4.69, 9.17) is 0 Å². The molecule has 0 saturated carbocycles. The molecule has 0 radical (unpaired) electrons. The van der Waals surface area contributed by atoms with Gasteiger partial charge < -0.3 is 14.9 Å². The van der Waals surface area contributed by atoms with E-state index in [-0.39, 0.29) is 17.5 Å². The first-order valence-electron chi connectivity index (χ1n) is 9.66. The molecule has 0 unspecified atom stereocenters. The number of anilines is 1. The number of para-hydroxylation sites is 2. The van der Waals surface area contributed by atoms with Gasteiger partial charge >= 0.3 is 6.18 Å². The summed E-state index contributed by atoms with van der Waals surface area (Å²) >= 11 is 0. The van der Waals surface area contributed by atoms with Crippen LogP contribution in [0.15, 0.2) is 48.8 Å². The van der Waals surface area contributed by atoms with Crippen LogP contribution < -0.4 is 4.90 Å². The molecular weight excluding hydrogens is 411 g/mol. The number of phenolic OH excluding ortho intramolecular Hbond substituents is 1. The Bertz CT molecular complexity index is 1090. The van der Waals surface area contributed by atoms with Crippen molar-refractivity contribution in [2.24, 2.45) is 0 Å². The fourth-order valence-electron chi connectivity index (χ4n) is 3.58. The third-order valence-electron chi connectivity index (χ3n) is 5.32. The van der Waals surface area contributed by atoms with Gasteiger partial charge in [0.05, 0.1) is 28.7 Å². The average Bonchev–Trinajstić information content (AvgIpc) is 3.14. The van der Waals surface area contributed by atoms with Crippen molar-refractivity contribution in [2.75, 3.05) is 31.1 Å². The Morgan fingerprint density at radius 1 is 1.03 bits per heavy atom. The fraction of sp³-hybridized carbons (Fsp3) is 0.286. The minimum absolute atomic E-state index is 0.198. The third-order valence-corrected chi connectivity index (χ3v) is 5.32. The van der Waals surface area contributed by atoms with Crippen molar-refractivity contribution in [3.8, 4) is 11.6 Å². The molecule has 1 fully saturated rings. The van der Waals surface area contributed by atoms with E-state index in [2.05, 4.69) is 10.1 Å². The van der Waals surface area contributed by atoms with Gasteiger partial charge in [-0.05, 0) is 31.2 Å². The first-order valence-corrected chi connectivity index (χ1v) is 9.66. The predicted octanol–water partition coefficient (Wildman–Crippen LogP) is 3.26. The molecule has 3 aromatic rings. The van der Waals surface area contributed by atoms with Gasteiger partial charge in [0.25, 0.3) is 5.91 Å². The molecule has 1 aromatic carbocycles. The smallest absolute Gasteiger partial charge is 0.417 e. The molecular formula is C21H20F3N5O2. The second kappa shape index (κ2) is 7.93. The number of piperazine rings is 1. The zero-order chi connectivity index (χ0) is 22.2. The molecule has 7 nitrogen and oxygen atoms in total. The molecule has 2 aromatic heterocycles. The van der Waals surface area contributed by atoms with Crippen molar-refractivity contribution in [2.45, 2.75) is 13.1 Å². The second-order valence-corrected chi connectivity index (χ2v) is 7.23. The van der Waals surface area contributed by atoms with Crippen LogP contribution in [-0.4, -0.2) is 56.9 Å². The lowest BCUT2D eigenvalue weighted by Gasteiger charge is -2.36. The number of aromatic nitrogens is 3. The molecule has 0 aliphatic carbocycles. The van der Waals surface area contributed by atoms with Crippen LogP contribution in [-0.2, 0) is 6.18 Å². The summed E-state index contributed by atoms with van der Waals surface area (Å²) in [6.45, 7) is 3.75. The van der Waals surface area contributed by atoms with E-state index in [1.54, 1.807) is 24.0 Å². The number of benzene rings is 1. The fourth-order valence-corrected chi connectivity index (χ4v) is 3.58. The molecule has 3 heterocycles. The van der Waals surface area contributed by atoms with Gasteiger partial charge in [-0.25, -0.2) is 9.67 Å². The maximum absolute atomic E-state index is 13.0. The highest BCUT2D eigenvalue weighted by Crippen LogP contribution is 2.29. The zero-order valence-electron chi connectivity index (χ0n) is 16.7. The third kappa shape index (κ3) is 4.05. The van der Waals surface area contributed by atoms with E-state index in [9.17, 15) is 23.1 Å². The SMILES string of the molecule is Cc1c(C(=O)N2CCN(c3ccccc3O)CC2)cnn1-c1ccc(C(F)(F)F)cn1. The first-order chi connectivity index (χ1) is 14.8. The monoisotopic (exact) mass is 431 g/mol. The van der Waals surface area contributed by atoms with E-state index in [0.29, 0.717) is 37.4 Å². The van der Waals surface area contributed by atoms with Crippen LogP contribution in [0, 0.1) is 6.92 Å². The highest BCUT2D eigenvalue weighted by molar-refractivity contribution is 5.95. The molecule has 0 bridgehead atoms. The molecule has 1 amide bonds. The molecule has 1 saturated heterocycles. The number of hydrogen-bond acceptors (Lipinski definition) is 5. The number of alkyl halides is 3. The number of carbonyl (C=O) groups excluding carboxylic acids is 1. The van der Waals surface area contributed by atoms with Gasteiger partial charge in [-0.15, -0.1) is 0 Å². The number of aromatic hydroxyl groups is 1. The number of nitrogens with zero attached hydrogens (tertiary/aromatic N) is 5. The average molecular weight is 431 g/mol. The van der Waals surface area contributed by atoms with Crippen LogP contribution >= 0.6 is 0 Å². The summed E-state index contributed by atoms with van der Waals surface area (Å²) in [4.78, 5) is 20.5. The lowest BCUT2D eigenvalue weighted by molar-refractivity contribution is -0.137. The Morgan fingerprint density at radius 2 is 1.74 bits per heavy atom. The van der Waals surface area contributed by atoms with Crippen LogP contribution in [0.5, 0.6) is 5.75 Å². The number of carbonyl (C=O) groups is 1. The summed E-state index contributed by atoms with van der Waals surface area (Å²) < 4.78 is 39.6. The number of hydrogen-bond donors (Lipinski definition) is 1. The largest absolute Gasteiger partial charge is 0.506 e. The van der Waals surface area contributed by atoms with Crippen molar-refractivity contribution in [1.29, 1.82) is 0 Å². The highest BCUT2D eigenvalue weighted by atomic mass is 19.4. The van der Waals surface area contributed by atoms with Crippen LogP contribution in [0.3, 0.4) is 0 Å². The number of halogens is 3. The first kappa shape index (κ1) is 20.7. The Labute approximate surface area is 176 Å². The minimum Gasteiger partial charge on any atom is -0.506 e. The van der Waals surface area contributed by atoms with E-state index in [1.165, 1.54) is 16.9 Å². The van der Waals surface area contributed by atoms with Crippen molar-refractivity contribution < 1.29 is 23.1 Å². The van der Waals surface area contributed by atoms with E-state index in [0.717, 1.165) is 18.0 Å². The van der Waals surface area contributed by atoms with Crippen LogP contribution in [0.1, 0.15) is 21.6 Å². The van der Waals surface area contributed by atoms with Gasteiger partial charge in [-0.3, -0.25) is 4.79 Å². The standard InChI is InChI=1S/C21H20F3N5O2/c1-14-16(13-26-29(14)19-7-6-15(12-25-19)21(22,23)24)20(31)28-10-8-27(9-11-28)17-4-2-3-5-18(17)30/h2-7,12-13,30H,8-11H2,1H3. The molecule has 0 spiro atoms. The number of amides is 1. The van der Waals surface area contributed by atoms with Crippen molar-refractivity contribution >= 4 is 11.6 Å². The predicted molar refractivity (Wildman–Crippen MR) is 107 cm³/mol. The molecule has 4 rings (SSSR count). The summed E-state index contributed by atoms with van der Waals surface area (Å²) in [5.41, 5.74) is 0.754. The number of phenols is 1. The molecule has 31 heavy (non-hydrogen) atoms. The molecule has 1 aliphatic heterocycles. The van der Waals surface area contributed by atoms with Gasteiger partial charge in [0.2, 0.25) is 0 Å². The summed E-state index contributed by atoms with van der Waals surface area (Å²) in [7, 11) is 0. The molecule has 1 N–H and O–H groups in total. The molecule has 0 atom stereocenters. The minimum atomic E-state index is -4.47. The molecule has 10 heteroatoms. The van der Waals surface area contributed by atoms with Gasteiger partial charge in [-0.2, -0.15) is 18.3 Å². The quantitative estimate of drug-likeness (QED) is 0.689. The Hall–Kier alpha value is -3.56. The summed E-state index contributed by atoms with van der Waals surface area (Å²) in [5, 5.41) is 14.2. The normalized spacial score (nSPS) is 14.7. The topological polar surface area (TPSA) is 74.5 Å². The van der Waals surface area contributed by atoms with Crippen molar-refractivity contribution in [3.05, 3.63) is 65.6 Å². The van der Waals surface area contributed by atoms with Gasteiger partial charge in [0, 0.05) is 32.4 Å². The molecule has 162 valence electrons. The van der Waals surface area contributed by atoms with E-state index < -0.39 is 11.7 Å². The Kier molecular flexibility index (Phi) is 5.30. The Morgan fingerprint density at radius 3 is 2.35 bits per heavy atom. The lowest BCUT2D eigenvalue weighted by Crippen LogP contribution is -2.48. The van der Waals surface area contributed by atoms with Crippen molar-refractivity contribution in [3.63, 3.8) is 0 Å². The van der Waals surface area contributed by atoms with E-state index >= 15 is 0 Å². The van der Waals surface area contributed by atoms with E-state index in [1.807, 2.05) is 17.0 Å². The van der Waals surface area contributed by atoms with Gasteiger partial charge in [-0.1, -0.05) is 12.1 Å². The maximum atomic E-state index is 13.0. The molecule has 1 aliphatic rings.